The molecule has 274 valence electrons. The molecule has 0 aliphatic rings. The summed E-state index contributed by atoms with van der Waals surface area (Å²) in [5.74, 6) is -0.618. The van der Waals surface area contributed by atoms with Crippen molar-refractivity contribution in [1.29, 1.82) is 0 Å². The number of thiol groups is 1. The van der Waals surface area contributed by atoms with Crippen LogP contribution in [0, 0.1) is 0 Å². The minimum atomic E-state index is -0.709. The molecule has 0 fully saturated rings. The molecule has 0 aromatic rings. The van der Waals surface area contributed by atoms with E-state index in [1.165, 1.54) is 116 Å². The zero-order valence-corrected chi connectivity index (χ0v) is 31.5. The second-order valence-corrected chi connectivity index (χ2v) is 13.6. The van der Waals surface area contributed by atoms with E-state index in [-0.39, 0.29) is 25.1 Å². The van der Waals surface area contributed by atoms with Gasteiger partial charge in [0.15, 0.2) is 6.10 Å². The molecule has 47 heavy (non-hydrogen) atoms. The van der Waals surface area contributed by atoms with Crippen LogP contribution in [0.1, 0.15) is 194 Å². The van der Waals surface area contributed by atoms with Gasteiger partial charge in [-0.15, -0.1) is 0 Å². The number of carbonyl (C=O) groups is 3. The highest BCUT2D eigenvalue weighted by Gasteiger charge is 2.17. The number of hydrogen-bond acceptors (Lipinski definition) is 5. The summed E-state index contributed by atoms with van der Waals surface area (Å²) in [4.78, 5) is 35.9. The first-order valence-electron chi connectivity index (χ1n) is 19.6. The lowest BCUT2D eigenvalue weighted by Gasteiger charge is -2.18. The van der Waals surface area contributed by atoms with E-state index in [0.717, 1.165) is 51.4 Å². The maximum absolute atomic E-state index is 12.4. The number of ether oxygens (including phenoxy) is 2. The third-order valence-corrected chi connectivity index (χ3v) is 8.65. The first-order chi connectivity index (χ1) is 23.0. The van der Waals surface area contributed by atoms with E-state index in [2.05, 4.69) is 56.1 Å². The van der Waals surface area contributed by atoms with Gasteiger partial charge in [-0.3, -0.25) is 14.4 Å². The van der Waals surface area contributed by atoms with Crippen LogP contribution in [0.15, 0.2) is 24.3 Å². The van der Waals surface area contributed by atoms with Crippen molar-refractivity contribution in [3.05, 3.63) is 24.3 Å². The number of amides is 1. The number of unbranched alkanes of at least 4 members (excludes halogenated alkanes) is 22. The molecule has 0 heterocycles. The van der Waals surface area contributed by atoms with E-state index in [4.69, 9.17) is 9.47 Å². The third kappa shape index (κ3) is 36.9. The molecule has 0 aromatic heterocycles. The Morgan fingerprint density at radius 3 is 1.30 bits per heavy atom. The van der Waals surface area contributed by atoms with Crippen molar-refractivity contribution in [3.63, 3.8) is 0 Å². The van der Waals surface area contributed by atoms with Crippen molar-refractivity contribution in [2.75, 3.05) is 13.2 Å². The van der Waals surface area contributed by atoms with Gasteiger partial charge in [-0.1, -0.05) is 154 Å². The fourth-order valence-corrected chi connectivity index (χ4v) is 5.61. The number of esters is 2. The monoisotopic (exact) mass is 680 g/mol. The zero-order chi connectivity index (χ0) is 34.5. The molecule has 7 heteroatoms. The van der Waals surface area contributed by atoms with Crippen molar-refractivity contribution in [2.45, 2.75) is 200 Å². The van der Waals surface area contributed by atoms with E-state index in [0.29, 0.717) is 12.8 Å². The topological polar surface area (TPSA) is 81.7 Å². The summed E-state index contributed by atoms with van der Waals surface area (Å²) in [5, 5.41) is 2.03. The molecule has 0 radical (unpaired) electrons. The summed E-state index contributed by atoms with van der Waals surface area (Å²) in [5.41, 5.74) is 0. The molecule has 6 nitrogen and oxygen atoms in total. The summed E-state index contributed by atoms with van der Waals surface area (Å²) >= 11 is 3.72. The molecule has 0 aliphatic heterocycles. The van der Waals surface area contributed by atoms with E-state index >= 15 is 0 Å². The van der Waals surface area contributed by atoms with E-state index in [9.17, 15) is 14.4 Å². The van der Waals surface area contributed by atoms with Crippen LogP contribution in [0.2, 0.25) is 0 Å². The van der Waals surface area contributed by atoms with Crippen molar-refractivity contribution in [3.8, 4) is 0 Å². The lowest BCUT2D eigenvalue weighted by Crippen LogP contribution is -2.36. The maximum Gasteiger partial charge on any atom is 0.306 e. The van der Waals surface area contributed by atoms with Gasteiger partial charge >= 0.3 is 11.9 Å². The molecular weight excluding hydrogens is 607 g/mol. The van der Waals surface area contributed by atoms with Gasteiger partial charge in [0.1, 0.15) is 6.61 Å². The smallest absolute Gasteiger partial charge is 0.306 e. The van der Waals surface area contributed by atoms with Gasteiger partial charge in [0.25, 0.3) is 5.24 Å². The van der Waals surface area contributed by atoms with Crippen LogP contribution >= 0.6 is 12.6 Å². The highest BCUT2D eigenvalue weighted by atomic mass is 32.1. The Balaban J connectivity index is 3.87. The normalized spacial score (nSPS) is 12.1. The molecular formula is C40H73NO5S. The second-order valence-electron chi connectivity index (χ2n) is 13.1. The Bertz CT molecular complexity index is 785. The standard InChI is InChI=1S/C40H73NO5S/c1-3-5-7-9-11-13-15-17-19-21-23-25-27-29-31-33-38(42)45-36-37(35-41-40(44)47)46-39(43)34-32-30-28-26-24-22-20-18-16-14-12-10-8-6-4-2/h17-20,37H,3-16,21-36H2,1-2H3,(H2,41,44,47)/b19-17-,20-18-. The van der Waals surface area contributed by atoms with Crippen LogP contribution in [0.4, 0.5) is 4.79 Å². The lowest BCUT2D eigenvalue weighted by molar-refractivity contribution is -0.158. The molecule has 0 aliphatic carbocycles. The second kappa shape index (κ2) is 37.1. The van der Waals surface area contributed by atoms with Crippen LogP contribution in [0.25, 0.3) is 0 Å². The van der Waals surface area contributed by atoms with E-state index in [1.807, 2.05) is 0 Å². The quantitative estimate of drug-likeness (QED) is 0.0301. The minimum absolute atomic E-state index is 0.0594. The molecule has 1 amide bonds. The number of allylic oxidation sites excluding steroid dienone is 4. The largest absolute Gasteiger partial charge is 0.462 e. The molecule has 1 atom stereocenters. The van der Waals surface area contributed by atoms with Gasteiger partial charge in [0, 0.05) is 12.8 Å². The van der Waals surface area contributed by atoms with Crippen molar-refractivity contribution in [2.24, 2.45) is 0 Å². The molecule has 1 N–H and O–H groups in total. The van der Waals surface area contributed by atoms with E-state index < -0.39 is 11.3 Å². The number of rotatable bonds is 35. The summed E-state index contributed by atoms with van der Waals surface area (Å²) in [6.07, 6.45) is 40.6. The molecule has 0 aromatic carbocycles. The average Bonchev–Trinajstić information content (AvgIpc) is 3.05. The molecule has 0 spiro atoms. The Morgan fingerprint density at radius 1 is 0.532 bits per heavy atom. The number of hydrogen-bond donors (Lipinski definition) is 2. The SMILES string of the molecule is CCCCCCCC/C=C\CCCCCCCC(=O)OCC(CNC(=O)S)OC(=O)CCCCCCC/C=C\CCCCCCCC. The highest BCUT2D eigenvalue weighted by Crippen LogP contribution is 2.13. The van der Waals surface area contributed by atoms with Gasteiger partial charge in [-0.25, -0.2) is 0 Å². The minimum Gasteiger partial charge on any atom is -0.462 e. The highest BCUT2D eigenvalue weighted by molar-refractivity contribution is 7.96. The van der Waals surface area contributed by atoms with Crippen molar-refractivity contribution < 1.29 is 23.9 Å². The molecule has 0 saturated heterocycles. The van der Waals surface area contributed by atoms with Gasteiger partial charge in [-0.05, 0) is 64.2 Å². The summed E-state index contributed by atoms with van der Waals surface area (Å²) in [6, 6.07) is 0. The Morgan fingerprint density at radius 2 is 0.894 bits per heavy atom. The lowest BCUT2D eigenvalue weighted by atomic mass is 10.1. The molecule has 0 bridgehead atoms. The predicted octanol–water partition coefficient (Wildman–Crippen LogP) is 12.2. The summed E-state index contributed by atoms with van der Waals surface area (Å²) in [6.45, 7) is 4.52. The average molecular weight is 680 g/mol. The van der Waals surface area contributed by atoms with E-state index in [1.54, 1.807) is 0 Å². The van der Waals surface area contributed by atoms with Crippen molar-refractivity contribution in [1.82, 2.24) is 5.32 Å². The Kier molecular flexibility index (Phi) is 35.7. The fourth-order valence-electron chi connectivity index (χ4n) is 5.52. The first kappa shape index (κ1) is 45.2. The number of carbonyl (C=O) groups excluding carboxylic acids is 3. The number of nitrogens with one attached hydrogen (secondary N) is 1. The summed E-state index contributed by atoms with van der Waals surface area (Å²) in [7, 11) is 0. The maximum atomic E-state index is 12.4. The Hall–Kier alpha value is -1.76. The fraction of sp³-hybridized carbons (Fsp3) is 0.825. The van der Waals surface area contributed by atoms with Crippen LogP contribution in [0.3, 0.4) is 0 Å². The van der Waals surface area contributed by atoms with Crippen molar-refractivity contribution >= 4 is 29.8 Å². The van der Waals surface area contributed by atoms with Gasteiger partial charge in [0.05, 0.1) is 6.54 Å². The van der Waals surface area contributed by atoms with Gasteiger partial charge in [-0.2, -0.15) is 0 Å². The third-order valence-electron chi connectivity index (χ3n) is 8.49. The molecule has 0 rings (SSSR count). The first-order valence-corrected chi connectivity index (χ1v) is 20.1. The molecule has 0 saturated carbocycles. The van der Waals surface area contributed by atoms with Crippen LogP contribution < -0.4 is 5.32 Å². The summed E-state index contributed by atoms with van der Waals surface area (Å²) < 4.78 is 10.9. The van der Waals surface area contributed by atoms with Crippen LogP contribution in [0.5, 0.6) is 0 Å². The Labute approximate surface area is 295 Å². The van der Waals surface area contributed by atoms with Gasteiger partial charge in [0.2, 0.25) is 0 Å². The van der Waals surface area contributed by atoms with Gasteiger partial charge < -0.3 is 14.8 Å². The molecule has 1 unspecified atom stereocenters. The predicted molar refractivity (Wildman–Crippen MR) is 202 cm³/mol. The van der Waals surface area contributed by atoms with Crippen LogP contribution in [-0.4, -0.2) is 36.4 Å². The van der Waals surface area contributed by atoms with Crippen LogP contribution in [-0.2, 0) is 19.1 Å². The zero-order valence-electron chi connectivity index (χ0n) is 30.6.